The predicted molar refractivity (Wildman–Crippen MR) is 125 cm³/mol. The number of rotatable bonds is 7. The number of nitrogens with zero attached hydrogens (tertiary/aromatic N) is 3. The molecule has 1 saturated heterocycles. The normalized spacial score (nSPS) is 29.1. The molecule has 0 unspecified atom stereocenters. The number of carboxylic acid groups (broad SMARTS) is 1. The van der Waals surface area contributed by atoms with E-state index in [1.165, 1.54) is 24.8 Å². The summed E-state index contributed by atoms with van der Waals surface area (Å²) in [5.41, 5.74) is 0.190. The molecule has 32 heavy (non-hydrogen) atoms. The highest BCUT2D eigenvalue weighted by atomic mass is 16.4. The van der Waals surface area contributed by atoms with E-state index >= 15 is 0 Å². The van der Waals surface area contributed by atoms with Crippen LogP contribution in [0.15, 0.2) is 30.3 Å². The largest absolute Gasteiger partial charge is 0.481 e. The summed E-state index contributed by atoms with van der Waals surface area (Å²) in [6.07, 6.45) is 7.54. The van der Waals surface area contributed by atoms with Crippen LogP contribution in [0.2, 0.25) is 0 Å². The summed E-state index contributed by atoms with van der Waals surface area (Å²) in [4.78, 5) is 31.7. The molecule has 1 aromatic carbocycles. The number of carbonyl (C=O) groups excluding carboxylic acids is 1. The predicted octanol–water partition coefficient (Wildman–Crippen LogP) is 4.40. The van der Waals surface area contributed by atoms with Crippen LogP contribution in [-0.4, -0.2) is 71.1 Å². The van der Waals surface area contributed by atoms with Crippen molar-refractivity contribution < 1.29 is 14.7 Å². The highest BCUT2D eigenvalue weighted by Gasteiger charge is 2.55. The summed E-state index contributed by atoms with van der Waals surface area (Å²) in [5.74, 6) is -0.256. The molecule has 3 fully saturated rings. The van der Waals surface area contributed by atoms with Gasteiger partial charge < -0.3 is 14.9 Å². The van der Waals surface area contributed by atoms with Crippen LogP contribution < -0.4 is 0 Å². The second kappa shape index (κ2) is 8.36. The number of hydrogen-bond donors (Lipinski definition) is 1. The first-order chi connectivity index (χ1) is 15.1. The molecular weight excluding hydrogens is 402 g/mol. The lowest BCUT2D eigenvalue weighted by Crippen LogP contribution is -2.56. The summed E-state index contributed by atoms with van der Waals surface area (Å²) >= 11 is 0. The first-order valence-corrected chi connectivity index (χ1v) is 12.1. The summed E-state index contributed by atoms with van der Waals surface area (Å²) in [5, 5.41) is 9.65. The number of hydrogen-bond acceptors (Lipinski definition) is 3. The fourth-order valence-corrected chi connectivity index (χ4v) is 6.05. The van der Waals surface area contributed by atoms with Crippen molar-refractivity contribution in [1.29, 1.82) is 0 Å². The van der Waals surface area contributed by atoms with Crippen LogP contribution in [0.4, 0.5) is 4.79 Å². The lowest BCUT2D eigenvalue weighted by atomic mass is 9.68. The summed E-state index contributed by atoms with van der Waals surface area (Å²) in [7, 11) is 4.33. The molecule has 2 aliphatic carbocycles. The molecule has 0 atom stereocenters. The lowest BCUT2D eigenvalue weighted by Gasteiger charge is -2.51. The lowest BCUT2D eigenvalue weighted by molar-refractivity contribution is -0.147. The Kier molecular flexibility index (Phi) is 6.03. The van der Waals surface area contributed by atoms with Crippen LogP contribution in [0.3, 0.4) is 0 Å². The number of benzene rings is 1. The van der Waals surface area contributed by atoms with E-state index in [9.17, 15) is 14.7 Å². The average Bonchev–Trinajstić information content (AvgIpc) is 2.96. The highest BCUT2D eigenvalue weighted by Crippen LogP contribution is 2.49. The van der Waals surface area contributed by atoms with Crippen LogP contribution >= 0.6 is 0 Å². The molecule has 1 heterocycles. The van der Waals surface area contributed by atoms with Crippen molar-refractivity contribution in [2.75, 3.05) is 33.7 Å². The Labute approximate surface area is 192 Å². The van der Waals surface area contributed by atoms with Gasteiger partial charge in [-0.3, -0.25) is 9.69 Å². The molecule has 3 aliphatic rings. The average molecular weight is 442 g/mol. The van der Waals surface area contributed by atoms with Crippen molar-refractivity contribution in [3.8, 4) is 0 Å². The van der Waals surface area contributed by atoms with Gasteiger partial charge in [-0.1, -0.05) is 36.8 Å². The van der Waals surface area contributed by atoms with E-state index in [-0.39, 0.29) is 23.7 Å². The maximum Gasteiger partial charge on any atom is 0.320 e. The van der Waals surface area contributed by atoms with E-state index in [1.54, 1.807) is 13.8 Å². The third kappa shape index (κ3) is 3.91. The number of carboxylic acids is 1. The second-order valence-electron chi connectivity index (χ2n) is 11.3. The van der Waals surface area contributed by atoms with Gasteiger partial charge in [-0.2, -0.15) is 0 Å². The summed E-state index contributed by atoms with van der Waals surface area (Å²) in [6.45, 7) is 5.17. The number of carbonyl (C=O) groups is 2. The Morgan fingerprint density at radius 2 is 1.75 bits per heavy atom. The van der Waals surface area contributed by atoms with E-state index in [0.717, 1.165) is 32.2 Å². The van der Waals surface area contributed by atoms with Gasteiger partial charge in [-0.25, -0.2) is 4.79 Å². The minimum atomic E-state index is -0.949. The van der Waals surface area contributed by atoms with Crippen molar-refractivity contribution in [2.24, 2.45) is 11.3 Å². The van der Waals surface area contributed by atoms with Crippen molar-refractivity contribution in [3.63, 3.8) is 0 Å². The maximum atomic E-state index is 13.6. The Balaban J connectivity index is 1.59. The van der Waals surface area contributed by atoms with Gasteiger partial charge in [0.2, 0.25) is 0 Å². The minimum absolute atomic E-state index is 0.0224. The van der Waals surface area contributed by atoms with Gasteiger partial charge in [0.05, 0.1) is 11.0 Å². The van der Waals surface area contributed by atoms with E-state index in [2.05, 4.69) is 54.2 Å². The van der Waals surface area contributed by atoms with Gasteiger partial charge in [0.25, 0.3) is 0 Å². The third-order valence-electron chi connectivity index (χ3n) is 8.56. The zero-order chi connectivity index (χ0) is 23.1. The van der Waals surface area contributed by atoms with Crippen LogP contribution in [-0.2, 0) is 10.3 Å². The summed E-state index contributed by atoms with van der Waals surface area (Å²) in [6, 6.07) is 10.8. The fourth-order valence-electron chi connectivity index (χ4n) is 6.05. The topological polar surface area (TPSA) is 64.1 Å². The van der Waals surface area contributed by atoms with Crippen molar-refractivity contribution in [3.05, 3.63) is 35.9 Å². The van der Waals surface area contributed by atoms with Crippen LogP contribution in [0.1, 0.15) is 64.4 Å². The molecule has 1 aliphatic heterocycles. The van der Waals surface area contributed by atoms with Gasteiger partial charge in [-0.05, 0) is 77.9 Å². The number of amides is 2. The molecule has 0 radical (unpaired) electrons. The molecule has 2 saturated carbocycles. The first-order valence-electron chi connectivity index (χ1n) is 12.1. The van der Waals surface area contributed by atoms with Crippen LogP contribution in [0.5, 0.6) is 0 Å². The Bertz CT molecular complexity index is 839. The smallest absolute Gasteiger partial charge is 0.320 e. The van der Waals surface area contributed by atoms with Crippen molar-refractivity contribution >= 4 is 12.0 Å². The zero-order valence-corrected chi connectivity index (χ0v) is 20.1. The molecule has 0 aromatic heterocycles. The molecule has 1 spiro atoms. The van der Waals surface area contributed by atoms with Crippen molar-refractivity contribution in [1.82, 2.24) is 14.7 Å². The van der Waals surface area contributed by atoms with Gasteiger partial charge >= 0.3 is 12.0 Å². The first kappa shape index (κ1) is 23.1. The zero-order valence-electron chi connectivity index (χ0n) is 20.1. The van der Waals surface area contributed by atoms with Gasteiger partial charge in [0.1, 0.15) is 0 Å². The molecule has 0 bridgehead atoms. The number of aliphatic carboxylic acids is 1. The van der Waals surface area contributed by atoms with Crippen LogP contribution in [0.25, 0.3) is 0 Å². The molecular formula is C26H39N3O3. The molecule has 176 valence electrons. The molecule has 2 amide bonds. The Morgan fingerprint density at radius 3 is 2.25 bits per heavy atom. The molecule has 4 rings (SSSR count). The van der Waals surface area contributed by atoms with Gasteiger partial charge in [0.15, 0.2) is 0 Å². The molecule has 6 nitrogen and oxygen atoms in total. The standard InChI is InChI=1S/C26H39N3O3/c1-24(2,22(30)31)18-28-19-25(29(23(28)32)17-20-9-8-10-20)13-15-26(16-14-25,27(3)4)21-11-6-5-7-12-21/h5-7,11-12,20H,8-10,13-19H2,1-4H3,(H,30,31)/t25-,26+. The van der Waals surface area contributed by atoms with E-state index in [0.29, 0.717) is 12.5 Å². The Hall–Kier alpha value is -2.08. The van der Waals surface area contributed by atoms with Gasteiger partial charge in [-0.15, -0.1) is 0 Å². The highest BCUT2D eigenvalue weighted by molar-refractivity contribution is 5.80. The maximum absolute atomic E-state index is 13.6. The molecule has 6 heteroatoms. The van der Waals surface area contributed by atoms with Gasteiger partial charge in [0, 0.05) is 25.2 Å². The minimum Gasteiger partial charge on any atom is -0.481 e. The van der Waals surface area contributed by atoms with E-state index < -0.39 is 11.4 Å². The third-order valence-corrected chi connectivity index (χ3v) is 8.56. The SMILES string of the molecule is CN(C)[C@]1(c2ccccc2)CC[C@]2(CC1)CN(CC(C)(C)C(=O)O)C(=O)N2CC1CCC1. The Morgan fingerprint density at radius 1 is 1.12 bits per heavy atom. The molecule has 1 N–H and O–H groups in total. The fraction of sp³-hybridized carbons (Fsp3) is 0.692. The number of urea groups is 1. The van der Waals surface area contributed by atoms with E-state index in [4.69, 9.17) is 0 Å². The molecule has 1 aromatic rings. The summed E-state index contributed by atoms with van der Waals surface area (Å²) < 4.78 is 0. The van der Waals surface area contributed by atoms with E-state index in [1.807, 2.05) is 4.90 Å². The second-order valence-corrected chi connectivity index (χ2v) is 11.3. The quantitative estimate of drug-likeness (QED) is 0.681. The van der Waals surface area contributed by atoms with Crippen LogP contribution in [0, 0.1) is 11.3 Å². The van der Waals surface area contributed by atoms with Crippen molar-refractivity contribution in [2.45, 2.75) is 69.9 Å². The monoisotopic (exact) mass is 441 g/mol.